The number of amides is 4. The minimum Gasteiger partial charge on any atom is -0.352 e. The summed E-state index contributed by atoms with van der Waals surface area (Å²) in [6, 6.07) is 7.75. The summed E-state index contributed by atoms with van der Waals surface area (Å²) < 4.78 is 0. The largest absolute Gasteiger partial charge is 0.352 e. The molecule has 1 aromatic carbocycles. The zero-order chi connectivity index (χ0) is 26.3. The molecule has 198 valence electrons. The van der Waals surface area contributed by atoms with Crippen molar-refractivity contribution in [2.45, 2.75) is 71.8 Å². The molecule has 0 aromatic heterocycles. The molecule has 1 spiro atoms. The highest BCUT2D eigenvalue weighted by molar-refractivity contribution is 5.94. The van der Waals surface area contributed by atoms with E-state index in [9.17, 15) is 19.2 Å². The van der Waals surface area contributed by atoms with Gasteiger partial charge in [-0.1, -0.05) is 52.0 Å². The SMILES string of the molecule is CC(C)CCN1CC(=O)NC2(CCCc3ccccc32)C(=O)NCCN(C(=O)C(C)C)CCCC1=O. The summed E-state index contributed by atoms with van der Waals surface area (Å²) in [4.78, 5) is 56.4. The van der Waals surface area contributed by atoms with Crippen LogP contribution in [0.5, 0.6) is 0 Å². The molecule has 1 aliphatic carbocycles. The van der Waals surface area contributed by atoms with Gasteiger partial charge in [0.1, 0.15) is 5.54 Å². The fourth-order valence-electron chi connectivity index (χ4n) is 5.14. The predicted octanol–water partition coefficient (Wildman–Crippen LogP) is 2.60. The summed E-state index contributed by atoms with van der Waals surface area (Å²) in [5, 5.41) is 6.07. The second-order valence-corrected chi connectivity index (χ2v) is 10.8. The first-order chi connectivity index (χ1) is 17.1. The Morgan fingerprint density at radius 1 is 1.03 bits per heavy atom. The molecule has 1 heterocycles. The van der Waals surface area contributed by atoms with E-state index in [2.05, 4.69) is 24.5 Å². The third-order valence-electron chi connectivity index (χ3n) is 7.17. The van der Waals surface area contributed by atoms with Crippen LogP contribution in [0.4, 0.5) is 0 Å². The maximum absolute atomic E-state index is 13.7. The van der Waals surface area contributed by atoms with Gasteiger partial charge in [-0.25, -0.2) is 0 Å². The molecule has 0 bridgehead atoms. The molecular formula is C28H42N4O4. The van der Waals surface area contributed by atoms with Crippen molar-refractivity contribution in [3.63, 3.8) is 0 Å². The maximum atomic E-state index is 13.7. The molecule has 2 N–H and O–H groups in total. The molecular weight excluding hydrogens is 456 g/mol. The Balaban J connectivity index is 1.94. The number of benzene rings is 1. The number of rotatable bonds is 4. The van der Waals surface area contributed by atoms with Crippen molar-refractivity contribution in [2.24, 2.45) is 11.8 Å². The van der Waals surface area contributed by atoms with Crippen molar-refractivity contribution in [3.05, 3.63) is 35.4 Å². The number of hydrogen-bond acceptors (Lipinski definition) is 4. The highest BCUT2D eigenvalue weighted by Crippen LogP contribution is 2.35. The lowest BCUT2D eigenvalue weighted by atomic mass is 9.75. The van der Waals surface area contributed by atoms with Crippen LogP contribution in [-0.4, -0.2) is 66.2 Å². The van der Waals surface area contributed by atoms with Gasteiger partial charge in [0.2, 0.25) is 17.7 Å². The van der Waals surface area contributed by atoms with Gasteiger partial charge in [-0.05, 0) is 49.1 Å². The number of carbonyl (C=O) groups excluding carboxylic acids is 4. The Bertz CT molecular complexity index is 961. The fourth-order valence-corrected chi connectivity index (χ4v) is 5.14. The van der Waals surface area contributed by atoms with Gasteiger partial charge in [-0.3, -0.25) is 19.2 Å². The van der Waals surface area contributed by atoms with Gasteiger partial charge in [0.05, 0.1) is 6.54 Å². The molecule has 1 saturated heterocycles. The van der Waals surface area contributed by atoms with E-state index < -0.39 is 5.54 Å². The highest BCUT2D eigenvalue weighted by atomic mass is 16.2. The Hall–Kier alpha value is -2.90. The predicted molar refractivity (Wildman–Crippen MR) is 139 cm³/mol. The van der Waals surface area contributed by atoms with Crippen molar-refractivity contribution in [1.82, 2.24) is 20.4 Å². The molecule has 3 rings (SSSR count). The van der Waals surface area contributed by atoms with Crippen LogP contribution in [0, 0.1) is 11.8 Å². The number of nitrogens with zero attached hydrogens (tertiary/aromatic N) is 2. The summed E-state index contributed by atoms with van der Waals surface area (Å²) in [7, 11) is 0. The van der Waals surface area contributed by atoms with Crippen LogP contribution in [0.2, 0.25) is 0 Å². The van der Waals surface area contributed by atoms with Crippen LogP contribution in [0.3, 0.4) is 0 Å². The van der Waals surface area contributed by atoms with Crippen molar-refractivity contribution < 1.29 is 19.2 Å². The first-order valence-electron chi connectivity index (χ1n) is 13.4. The van der Waals surface area contributed by atoms with E-state index in [1.54, 1.807) is 9.80 Å². The van der Waals surface area contributed by atoms with Crippen LogP contribution in [-0.2, 0) is 31.1 Å². The van der Waals surface area contributed by atoms with E-state index >= 15 is 0 Å². The lowest BCUT2D eigenvalue weighted by Crippen LogP contribution is -2.60. The zero-order valence-electron chi connectivity index (χ0n) is 22.3. The van der Waals surface area contributed by atoms with Crippen molar-refractivity contribution in [3.8, 4) is 0 Å². The van der Waals surface area contributed by atoms with E-state index in [1.807, 2.05) is 38.1 Å². The van der Waals surface area contributed by atoms with Gasteiger partial charge in [0, 0.05) is 38.5 Å². The van der Waals surface area contributed by atoms with Gasteiger partial charge < -0.3 is 20.4 Å². The van der Waals surface area contributed by atoms with E-state index in [0.717, 1.165) is 30.4 Å². The summed E-state index contributed by atoms with van der Waals surface area (Å²) in [6.45, 7) is 9.36. The molecule has 0 saturated carbocycles. The second-order valence-electron chi connectivity index (χ2n) is 10.8. The smallest absolute Gasteiger partial charge is 0.250 e. The van der Waals surface area contributed by atoms with Crippen LogP contribution < -0.4 is 10.6 Å². The molecule has 4 amide bonds. The van der Waals surface area contributed by atoms with Crippen LogP contribution in [0.25, 0.3) is 0 Å². The first-order valence-corrected chi connectivity index (χ1v) is 13.4. The zero-order valence-corrected chi connectivity index (χ0v) is 22.3. The van der Waals surface area contributed by atoms with Crippen LogP contribution >= 0.6 is 0 Å². The standard InChI is InChI=1S/C28H42N4O4/c1-20(2)13-17-32-19-24(33)30-28(14-7-10-22-9-5-6-11-23(22)28)27(36)29-15-18-31(26(35)21(3)4)16-8-12-25(32)34/h5-6,9,11,20-21H,7-8,10,12-19H2,1-4H3,(H,29,36)(H,30,33). The molecule has 1 aromatic rings. The van der Waals surface area contributed by atoms with Crippen LogP contribution in [0.15, 0.2) is 24.3 Å². The molecule has 1 atom stereocenters. The molecule has 1 fully saturated rings. The van der Waals surface area contributed by atoms with E-state index in [4.69, 9.17) is 0 Å². The van der Waals surface area contributed by atoms with E-state index in [-0.39, 0.29) is 49.1 Å². The monoisotopic (exact) mass is 498 g/mol. The van der Waals surface area contributed by atoms with Gasteiger partial charge in [-0.2, -0.15) is 0 Å². The number of aryl methyl sites for hydroxylation is 1. The molecule has 1 aliphatic heterocycles. The van der Waals surface area contributed by atoms with Crippen molar-refractivity contribution >= 4 is 23.6 Å². The van der Waals surface area contributed by atoms with Gasteiger partial charge in [-0.15, -0.1) is 0 Å². The minimum absolute atomic E-state index is 0.00600. The Kier molecular flexibility index (Phi) is 9.51. The number of hydrogen-bond donors (Lipinski definition) is 2. The normalized spacial score (nSPS) is 22.3. The number of fused-ring (bicyclic) bond motifs is 2. The Morgan fingerprint density at radius 3 is 2.50 bits per heavy atom. The molecule has 1 unspecified atom stereocenters. The summed E-state index contributed by atoms with van der Waals surface area (Å²) in [5.74, 6) is -0.470. The molecule has 0 radical (unpaired) electrons. The Morgan fingerprint density at radius 2 is 1.78 bits per heavy atom. The van der Waals surface area contributed by atoms with Gasteiger partial charge in [0.15, 0.2) is 0 Å². The first kappa shape index (κ1) is 27.7. The summed E-state index contributed by atoms with van der Waals surface area (Å²) in [6.07, 6.45) is 3.66. The molecule has 36 heavy (non-hydrogen) atoms. The summed E-state index contributed by atoms with van der Waals surface area (Å²) in [5.41, 5.74) is 0.657. The highest BCUT2D eigenvalue weighted by Gasteiger charge is 2.44. The number of carbonyl (C=O) groups is 4. The van der Waals surface area contributed by atoms with Crippen molar-refractivity contribution in [1.29, 1.82) is 0 Å². The Labute approximate surface area is 215 Å². The lowest BCUT2D eigenvalue weighted by Gasteiger charge is -2.39. The third-order valence-corrected chi connectivity index (χ3v) is 7.17. The summed E-state index contributed by atoms with van der Waals surface area (Å²) >= 11 is 0. The fraction of sp³-hybridized carbons (Fsp3) is 0.643. The lowest BCUT2D eigenvalue weighted by molar-refractivity contribution is -0.140. The maximum Gasteiger partial charge on any atom is 0.250 e. The van der Waals surface area contributed by atoms with Gasteiger partial charge >= 0.3 is 0 Å². The third kappa shape index (κ3) is 6.65. The van der Waals surface area contributed by atoms with E-state index in [0.29, 0.717) is 38.4 Å². The average molecular weight is 499 g/mol. The minimum atomic E-state index is -1.20. The van der Waals surface area contributed by atoms with Crippen LogP contribution in [0.1, 0.15) is 70.9 Å². The van der Waals surface area contributed by atoms with Gasteiger partial charge in [0.25, 0.3) is 5.91 Å². The molecule has 8 heteroatoms. The van der Waals surface area contributed by atoms with Crippen molar-refractivity contribution in [2.75, 3.05) is 32.7 Å². The second kappa shape index (κ2) is 12.4. The quantitative estimate of drug-likeness (QED) is 0.667. The number of nitrogens with one attached hydrogen (secondary N) is 2. The topological polar surface area (TPSA) is 98.8 Å². The van der Waals surface area contributed by atoms with E-state index in [1.165, 1.54) is 0 Å². The average Bonchev–Trinajstić information content (AvgIpc) is 2.84. The molecule has 2 aliphatic rings. The molecule has 8 nitrogen and oxygen atoms in total.